The zero-order valence-electron chi connectivity index (χ0n) is 16.7. The van der Waals surface area contributed by atoms with Crippen molar-refractivity contribution in [2.75, 3.05) is 44.3 Å². The minimum atomic E-state index is -0.165. The van der Waals surface area contributed by atoms with Crippen LogP contribution in [0.25, 0.3) is 10.2 Å². The molecule has 0 saturated carbocycles. The van der Waals surface area contributed by atoms with Crippen LogP contribution in [0.1, 0.15) is 22.8 Å². The van der Waals surface area contributed by atoms with E-state index in [-0.39, 0.29) is 5.91 Å². The molecule has 1 saturated heterocycles. The number of para-hydroxylation sites is 1. The van der Waals surface area contributed by atoms with Gasteiger partial charge in [0.15, 0.2) is 5.13 Å². The van der Waals surface area contributed by atoms with Gasteiger partial charge < -0.3 is 4.74 Å². The molecule has 2 aromatic carbocycles. The molecule has 4 rings (SSSR count). The van der Waals surface area contributed by atoms with Crippen LogP contribution < -0.4 is 4.90 Å². The van der Waals surface area contributed by atoms with Crippen LogP contribution in [-0.4, -0.2) is 55.2 Å². The normalized spacial score (nSPS) is 14.9. The number of aryl methyl sites for hydroxylation is 1. The maximum Gasteiger partial charge on any atom is 0.261 e. The van der Waals surface area contributed by atoms with Crippen LogP contribution in [0, 0.1) is 0 Å². The number of amides is 1. The van der Waals surface area contributed by atoms with Crippen molar-refractivity contribution < 1.29 is 9.53 Å². The highest BCUT2D eigenvalue weighted by Crippen LogP contribution is 2.33. The largest absolute Gasteiger partial charge is 0.379 e. The minimum absolute atomic E-state index is 0.165. The first-order valence-corrected chi connectivity index (χ1v) is 11.6. The highest BCUT2D eigenvalue weighted by molar-refractivity contribution is 7.22. The van der Waals surface area contributed by atoms with Gasteiger partial charge in [0, 0.05) is 31.2 Å². The molecule has 5 nitrogen and oxygen atoms in total. The molecule has 0 aliphatic carbocycles. The number of hydrogen-bond donors (Lipinski definition) is 0. The summed E-state index contributed by atoms with van der Waals surface area (Å²) in [6.07, 6.45) is 0.894. The smallest absolute Gasteiger partial charge is 0.261 e. The third-order valence-corrected chi connectivity index (χ3v) is 6.84. The average molecular weight is 464 g/mol. The lowest BCUT2D eigenvalue weighted by atomic mass is 10.1. The molecule has 3 aromatic rings. The molecule has 158 valence electrons. The molecule has 30 heavy (non-hydrogen) atoms. The Kier molecular flexibility index (Phi) is 6.91. The summed E-state index contributed by atoms with van der Waals surface area (Å²) in [7, 11) is 0. The number of carbonyl (C=O) groups is 1. The number of ether oxygens (including phenoxy) is 1. The molecule has 0 unspecified atom stereocenters. The van der Waals surface area contributed by atoms with E-state index in [1.54, 1.807) is 23.1 Å². The maximum atomic E-state index is 13.5. The highest BCUT2D eigenvalue weighted by atomic mass is 35.5. The van der Waals surface area contributed by atoms with Gasteiger partial charge in [0.2, 0.25) is 0 Å². The Balaban J connectivity index is 1.68. The molecule has 1 aromatic heterocycles. The van der Waals surface area contributed by atoms with Crippen LogP contribution in [0.15, 0.2) is 36.4 Å². The van der Waals surface area contributed by atoms with E-state index in [9.17, 15) is 4.79 Å². The van der Waals surface area contributed by atoms with Crippen LogP contribution in [0.3, 0.4) is 0 Å². The van der Waals surface area contributed by atoms with Crippen molar-refractivity contribution in [2.24, 2.45) is 0 Å². The van der Waals surface area contributed by atoms with Gasteiger partial charge in [-0.05, 0) is 36.2 Å². The zero-order valence-corrected chi connectivity index (χ0v) is 19.1. The van der Waals surface area contributed by atoms with Crippen molar-refractivity contribution in [1.29, 1.82) is 0 Å². The van der Waals surface area contributed by atoms with Gasteiger partial charge in [-0.1, -0.05) is 53.6 Å². The second kappa shape index (κ2) is 9.62. The maximum absolute atomic E-state index is 13.5. The van der Waals surface area contributed by atoms with Gasteiger partial charge in [-0.15, -0.1) is 0 Å². The van der Waals surface area contributed by atoms with E-state index in [1.807, 2.05) is 6.07 Å². The van der Waals surface area contributed by atoms with Crippen LogP contribution in [0.2, 0.25) is 10.0 Å². The summed E-state index contributed by atoms with van der Waals surface area (Å²) in [6, 6.07) is 11.1. The average Bonchev–Trinajstić information content (AvgIpc) is 3.18. The summed E-state index contributed by atoms with van der Waals surface area (Å²) in [4.78, 5) is 22.4. The summed E-state index contributed by atoms with van der Waals surface area (Å²) in [6.45, 7) is 6.56. The zero-order chi connectivity index (χ0) is 21.1. The van der Waals surface area contributed by atoms with Gasteiger partial charge in [-0.2, -0.15) is 0 Å². The molecule has 8 heteroatoms. The van der Waals surface area contributed by atoms with Gasteiger partial charge in [0.1, 0.15) is 0 Å². The summed E-state index contributed by atoms with van der Waals surface area (Å²) >= 11 is 13.9. The standard InChI is InChI=1S/C22H23Cl2N3O2S/c1-2-15-4-3-5-19-20(15)25-22(30-19)27(9-8-26-10-12-29-13-11-26)21(28)17-7-6-16(23)14-18(17)24/h3-7,14H,2,8-13H2,1H3. The van der Waals surface area contributed by atoms with E-state index < -0.39 is 0 Å². The van der Waals surface area contributed by atoms with Crippen LogP contribution in [0.4, 0.5) is 5.13 Å². The molecule has 0 spiro atoms. The van der Waals surface area contributed by atoms with E-state index in [0.29, 0.717) is 27.3 Å². The van der Waals surface area contributed by atoms with Crippen molar-refractivity contribution >= 4 is 55.8 Å². The Morgan fingerprint density at radius 2 is 2.03 bits per heavy atom. The molecule has 1 amide bonds. The first-order chi connectivity index (χ1) is 14.6. The summed E-state index contributed by atoms with van der Waals surface area (Å²) in [5.74, 6) is -0.165. The van der Waals surface area contributed by atoms with Crippen molar-refractivity contribution in [2.45, 2.75) is 13.3 Å². The number of hydrogen-bond acceptors (Lipinski definition) is 5. The Bertz CT molecular complexity index is 1050. The molecule has 2 heterocycles. The predicted octanol–water partition coefficient (Wildman–Crippen LogP) is 5.14. The Hall–Kier alpha value is -1.70. The predicted molar refractivity (Wildman–Crippen MR) is 124 cm³/mol. The molecular weight excluding hydrogens is 441 g/mol. The van der Waals surface area contributed by atoms with Crippen molar-refractivity contribution in [1.82, 2.24) is 9.88 Å². The van der Waals surface area contributed by atoms with Gasteiger partial charge in [-0.3, -0.25) is 14.6 Å². The fourth-order valence-corrected chi connectivity index (χ4v) is 5.08. The number of morpholine rings is 1. The molecule has 0 bridgehead atoms. The fraction of sp³-hybridized carbons (Fsp3) is 0.364. The second-order valence-corrected chi connectivity index (χ2v) is 9.00. The third kappa shape index (κ3) is 4.63. The van der Waals surface area contributed by atoms with Gasteiger partial charge >= 0.3 is 0 Å². The number of halogens is 2. The van der Waals surface area contributed by atoms with E-state index >= 15 is 0 Å². The van der Waals surface area contributed by atoms with Gasteiger partial charge in [-0.25, -0.2) is 4.98 Å². The van der Waals surface area contributed by atoms with E-state index in [0.717, 1.165) is 49.5 Å². The first-order valence-electron chi connectivity index (χ1n) is 10.0. The number of thiazole rings is 1. The number of rotatable bonds is 6. The van der Waals surface area contributed by atoms with E-state index in [1.165, 1.54) is 16.9 Å². The lowest BCUT2D eigenvalue weighted by molar-refractivity contribution is 0.0391. The fourth-order valence-electron chi connectivity index (χ4n) is 3.55. The summed E-state index contributed by atoms with van der Waals surface area (Å²) < 4.78 is 6.52. The van der Waals surface area contributed by atoms with Crippen molar-refractivity contribution in [3.05, 3.63) is 57.6 Å². The summed E-state index contributed by atoms with van der Waals surface area (Å²) in [5, 5.41) is 1.54. The van der Waals surface area contributed by atoms with Crippen LogP contribution >= 0.6 is 34.5 Å². The molecule has 0 atom stereocenters. The molecule has 1 fully saturated rings. The van der Waals surface area contributed by atoms with Crippen molar-refractivity contribution in [3.8, 4) is 0 Å². The topological polar surface area (TPSA) is 45.7 Å². The van der Waals surface area contributed by atoms with Crippen LogP contribution in [0.5, 0.6) is 0 Å². The molecule has 0 N–H and O–H groups in total. The molecule has 0 radical (unpaired) electrons. The van der Waals surface area contributed by atoms with E-state index in [4.69, 9.17) is 32.9 Å². The minimum Gasteiger partial charge on any atom is -0.379 e. The number of benzene rings is 2. The van der Waals surface area contributed by atoms with E-state index in [2.05, 4.69) is 24.0 Å². The highest BCUT2D eigenvalue weighted by Gasteiger charge is 2.25. The first kappa shape index (κ1) is 21.5. The third-order valence-electron chi connectivity index (χ3n) is 5.25. The molecular formula is C22H23Cl2N3O2S. The Labute approximate surface area is 190 Å². The lowest BCUT2D eigenvalue weighted by Crippen LogP contribution is -2.43. The number of carbonyl (C=O) groups excluding carboxylic acids is 1. The summed E-state index contributed by atoms with van der Waals surface area (Å²) in [5.41, 5.74) is 2.57. The SMILES string of the molecule is CCc1cccc2sc(N(CCN3CCOCC3)C(=O)c3ccc(Cl)cc3Cl)nc12. The Morgan fingerprint density at radius 3 is 2.77 bits per heavy atom. The Morgan fingerprint density at radius 1 is 1.23 bits per heavy atom. The molecule has 1 aliphatic heterocycles. The number of fused-ring (bicyclic) bond motifs is 1. The quantitative estimate of drug-likeness (QED) is 0.507. The number of aromatic nitrogens is 1. The van der Waals surface area contributed by atoms with Crippen LogP contribution in [-0.2, 0) is 11.2 Å². The molecule has 1 aliphatic rings. The lowest BCUT2D eigenvalue weighted by Gasteiger charge is -2.29. The monoisotopic (exact) mass is 463 g/mol. The van der Waals surface area contributed by atoms with Gasteiger partial charge in [0.05, 0.1) is 34.0 Å². The number of anilines is 1. The second-order valence-electron chi connectivity index (χ2n) is 7.15. The number of nitrogens with zero attached hydrogens (tertiary/aromatic N) is 3. The van der Waals surface area contributed by atoms with Gasteiger partial charge in [0.25, 0.3) is 5.91 Å². The van der Waals surface area contributed by atoms with Crippen molar-refractivity contribution in [3.63, 3.8) is 0 Å².